The number of aliphatic hydroxyl groups excluding tert-OH is 1. The van der Waals surface area contributed by atoms with Gasteiger partial charge in [-0.05, 0) is 26.0 Å². The van der Waals surface area contributed by atoms with E-state index < -0.39 is 5.97 Å². The summed E-state index contributed by atoms with van der Waals surface area (Å²) in [6, 6.07) is 7.18. The Morgan fingerprint density at radius 3 is 2.77 bits per heavy atom. The minimum atomic E-state index is -0.590. The van der Waals surface area contributed by atoms with Crippen molar-refractivity contribution in [2.75, 3.05) is 32.1 Å². The highest BCUT2D eigenvalue weighted by Gasteiger charge is 2.34. The molecule has 3 rings (SSSR count). The molecule has 1 aliphatic rings. The van der Waals surface area contributed by atoms with Crippen molar-refractivity contribution in [3.05, 3.63) is 53.0 Å². The molecule has 1 aromatic heterocycles. The van der Waals surface area contributed by atoms with E-state index in [1.807, 2.05) is 30.8 Å². The Balaban J connectivity index is 1.83. The molecule has 0 radical (unpaired) electrons. The number of aliphatic hydroxyl groups is 1. The average Bonchev–Trinajstić information content (AvgIpc) is 3.27. The Hall–Kier alpha value is -3.33. The van der Waals surface area contributed by atoms with E-state index in [4.69, 9.17) is 9.47 Å². The molecule has 1 aliphatic heterocycles. The predicted octanol–water partition coefficient (Wildman–Crippen LogP) is 1.46. The molecule has 1 aromatic carbocycles. The van der Waals surface area contributed by atoms with Crippen LogP contribution in [-0.2, 0) is 27.5 Å². The summed E-state index contributed by atoms with van der Waals surface area (Å²) in [5.74, 6) is -0.433. The molecule has 2 N–H and O–H groups in total. The summed E-state index contributed by atoms with van der Waals surface area (Å²) in [7, 11) is 1.27. The number of nitrogens with zero attached hydrogens (tertiary/aromatic N) is 3. The summed E-state index contributed by atoms with van der Waals surface area (Å²) < 4.78 is 12.6. The molecular weight excluding hydrogens is 388 g/mol. The van der Waals surface area contributed by atoms with Crippen molar-refractivity contribution in [2.45, 2.75) is 27.0 Å². The number of hydrogen-bond acceptors (Lipinski definition) is 7. The normalized spacial score (nSPS) is 13.7. The number of aryl methyl sites for hydroxylation is 2. The van der Waals surface area contributed by atoms with Gasteiger partial charge in [0, 0.05) is 24.8 Å². The number of rotatable bonds is 9. The summed E-state index contributed by atoms with van der Waals surface area (Å²) in [6.07, 6.45) is 1.94. The van der Waals surface area contributed by atoms with Gasteiger partial charge < -0.3 is 24.8 Å². The molecule has 2 heterocycles. The maximum Gasteiger partial charge on any atom is 0.337 e. The SMILES string of the molecule is CCn1cc(COc2ccccc2NC2=C(C(=O)OC)CN(CCO)C2=O)c(C)n1. The highest BCUT2D eigenvalue weighted by molar-refractivity contribution is 6.08. The van der Waals surface area contributed by atoms with E-state index in [0.29, 0.717) is 18.0 Å². The zero-order valence-electron chi connectivity index (χ0n) is 17.3. The van der Waals surface area contributed by atoms with Crippen LogP contribution in [0.3, 0.4) is 0 Å². The number of amides is 1. The maximum absolute atomic E-state index is 12.7. The fraction of sp³-hybridized carbons (Fsp3) is 0.381. The Kier molecular flexibility index (Phi) is 6.73. The molecule has 160 valence electrons. The average molecular weight is 414 g/mol. The Morgan fingerprint density at radius 1 is 1.33 bits per heavy atom. The molecule has 9 nitrogen and oxygen atoms in total. The van der Waals surface area contributed by atoms with Crippen LogP contribution in [0.25, 0.3) is 0 Å². The zero-order chi connectivity index (χ0) is 21.7. The molecule has 9 heteroatoms. The summed E-state index contributed by atoms with van der Waals surface area (Å²) in [5.41, 5.74) is 2.75. The lowest BCUT2D eigenvalue weighted by Crippen LogP contribution is -2.31. The van der Waals surface area contributed by atoms with Gasteiger partial charge in [-0.3, -0.25) is 9.48 Å². The van der Waals surface area contributed by atoms with Crippen LogP contribution in [0.4, 0.5) is 5.69 Å². The van der Waals surface area contributed by atoms with Crippen molar-refractivity contribution in [1.29, 1.82) is 0 Å². The standard InChI is InChI=1S/C21H26N4O5/c1-4-25-11-15(14(2)23-25)13-30-18-8-6-5-7-17(18)22-19-16(21(28)29-3)12-24(9-10-26)20(19)27/h5-8,11,22,26H,4,9-10,12-13H2,1-3H3. The molecule has 0 spiro atoms. The minimum absolute atomic E-state index is 0.0762. The molecule has 0 bridgehead atoms. The number of β-amino-alcohol motifs (C(OH)–C–C–N with tert-alkyl or cyclic N) is 1. The van der Waals surface area contributed by atoms with Gasteiger partial charge in [0.25, 0.3) is 5.91 Å². The number of hydrogen-bond donors (Lipinski definition) is 2. The van der Waals surface area contributed by atoms with Crippen molar-refractivity contribution >= 4 is 17.6 Å². The summed E-state index contributed by atoms with van der Waals surface area (Å²) in [6.45, 7) is 5.04. The van der Waals surface area contributed by atoms with Crippen LogP contribution >= 0.6 is 0 Å². The molecule has 1 amide bonds. The number of methoxy groups -OCH3 is 1. The molecule has 0 aliphatic carbocycles. The molecule has 0 saturated carbocycles. The monoisotopic (exact) mass is 414 g/mol. The van der Waals surface area contributed by atoms with Crippen molar-refractivity contribution in [1.82, 2.24) is 14.7 Å². The number of carbonyl (C=O) groups excluding carboxylic acids is 2. The molecule has 0 fully saturated rings. The third-order valence-corrected chi connectivity index (χ3v) is 4.86. The lowest BCUT2D eigenvalue weighted by Gasteiger charge is -2.16. The number of nitrogens with one attached hydrogen (secondary N) is 1. The summed E-state index contributed by atoms with van der Waals surface area (Å²) >= 11 is 0. The number of ether oxygens (including phenoxy) is 2. The van der Waals surface area contributed by atoms with Gasteiger partial charge in [0.2, 0.25) is 0 Å². The smallest absolute Gasteiger partial charge is 0.337 e. The first-order valence-corrected chi connectivity index (χ1v) is 9.71. The molecule has 30 heavy (non-hydrogen) atoms. The van der Waals surface area contributed by atoms with Crippen LogP contribution in [0.2, 0.25) is 0 Å². The largest absolute Gasteiger partial charge is 0.487 e. The van der Waals surface area contributed by atoms with E-state index in [-0.39, 0.29) is 36.9 Å². The fourth-order valence-corrected chi connectivity index (χ4v) is 3.20. The van der Waals surface area contributed by atoms with Gasteiger partial charge in [0.15, 0.2) is 0 Å². The lowest BCUT2D eigenvalue weighted by molar-refractivity contribution is -0.136. The van der Waals surface area contributed by atoms with Crippen LogP contribution in [-0.4, -0.2) is 58.5 Å². The Morgan fingerprint density at radius 2 is 2.10 bits per heavy atom. The van der Waals surface area contributed by atoms with E-state index in [0.717, 1.165) is 17.8 Å². The maximum atomic E-state index is 12.7. The fourth-order valence-electron chi connectivity index (χ4n) is 3.20. The number of esters is 1. The van der Waals surface area contributed by atoms with Crippen LogP contribution in [0.1, 0.15) is 18.2 Å². The number of carbonyl (C=O) groups is 2. The topological polar surface area (TPSA) is 106 Å². The first-order chi connectivity index (χ1) is 14.5. The minimum Gasteiger partial charge on any atom is -0.487 e. The molecule has 2 aromatic rings. The highest BCUT2D eigenvalue weighted by Crippen LogP contribution is 2.29. The second-order valence-electron chi connectivity index (χ2n) is 6.80. The second-order valence-corrected chi connectivity index (χ2v) is 6.80. The third kappa shape index (κ3) is 4.46. The van der Waals surface area contributed by atoms with Gasteiger partial charge in [-0.2, -0.15) is 5.10 Å². The number of para-hydroxylation sites is 2. The number of anilines is 1. The van der Waals surface area contributed by atoms with Crippen molar-refractivity contribution in [3.8, 4) is 5.75 Å². The Bertz CT molecular complexity index is 966. The Labute approximate surface area is 174 Å². The molecule has 0 atom stereocenters. The van der Waals surface area contributed by atoms with E-state index in [1.165, 1.54) is 12.0 Å². The van der Waals surface area contributed by atoms with E-state index in [1.54, 1.807) is 18.2 Å². The van der Waals surface area contributed by atoms with Gasteiger partial charge in [-0.25, -0.2) is 4.79 Å². The zero-order valence-corrected chi connectivity index (χ0v) is 17.3. The van der Waals surface area contributed by atoms with Gasteiger partial charge in [-0.15, -0.1) is 0 Å². The van der Waals surface area contributed by atoms with Crippen LogP contribution in [0.15, 0.2) is 41.7 Å². The van der Waals surface area contributed by atoms with E-state index in [2.05, 4.69) is 10.4 Å². The van der Waals surface area contributed by atoms with Gasteiger partial charge >= 0.3 is 5.97 Å². The first-order valence-electron chi connectivity index (χ1n) is 9.71. The van der Waals surface area contributed by atoms with Gasteiger partial charge in [0.05, 0.1) is 37.2 Å². The van der Waals surface area contributed by atoms with Gasteiger partial charge in [0.1, 0.15) is 18.1 Å². The third-order valence-electron chi connectivity index (χ3n) is 4.86. The van der Waals surface area contributed by atoms with E-state index in [9.17, 15) is 14.7 Å². The summed E-state index contributed by atoms with van der Waals surface area (Å²) in [4.78, 5) is 26.3. The second kappa shape index (κ2) is 9.45. The van der Waals surface area contributed by atoms with Crippen molar-refractivity contribution in [2.24, 2.45) is 0 Å². The van der Waals surface area contributed by atoms with Crippen LogP contribution < -0.4 is 10.1 Å². The number of benzene rings is 1. The van der Waals surface area contributed by atoms with Crippen molar-refractivity contribution < 1.29 is 24.2 Å². The quantitative estimate of drug-likeness (QED) is 0.599. The lowest BCUT2D eigenvalue weighted by atomic mass is 10.2. The molecular formula is C21H26N4O5. The molecule has 0 saturated heterocycles. The summed E-state index contributed by atoms with van der Waals surface area (Å²) in [5, 5.41) is 16.6. The first kappa shape index (κ1) is 21.4. The molecule has 0 unspecified atom stereocenters. The van der Waals surface area contributed by atoms with Gasteiger partial charge in [-0.1, -0.05) is 12.1 Å². The van der Waals surface area contributed by atoms with Crippen LogP contribution in [0.5, 0.6) is 5.75 Å². The number of aromatic nitrogens is 2. The van der Waals surface area contributed by atoms with Crippen molar-refractivity contribution in [3.63, 3.8) is 0 Å². The van der Waals surface area contributed by atoms with E-state index >= 15 is 0 Å². The van der Waals surface area contributed by atoms with Crippen LogP contribution in [0, 0.1) is 6.92 Å². The highest BCUT2D eigenvalue weighted by atomic mass is 16.5. The predicted molar refractivity (Wildman–Crippen MR) is 110 cm³/mol.